The second-order valence-electron chi connectivity index (χ2n) is 9.59. The zero-order valence-corrected chi connectivity index (χ0v) is 23.2. The third-order valence-electron chi connectivity index (χ3n) is 6.84. The Morgan fingerprint density at radius 3 is 2.33 bits per heavy atom. The van der Waals surface area contributed by atoms with Crippen molar-refractivity contribution >= 4 is 39.1 Å². The van der Waals surface area contributed by atoms with Gasteiger partial charge in [-0.15, -0.1) is 0 Å². The summed E-state index contributed by atoms with van der Waals surface area (Å²) < 4.78 is 43.0. The number of para-hydroxylation sites is 1. The van der Waals surface area contributed by atoms with Crippen LogP contribution in [0.3, 0.4) is 0 Å². The van der Waals surface area contributed by atoms with Gasteiger partial charge in [-0.25, -0.2) is 12.8 Å². The molecular formula is C29H31ClFN3O4S. The number of carbonyl (C=O) groups excluding carboxylic acids is 2. The van der Waals surface area contributed by atoms with E-state index in [0.717, 1.165) is 36.1 Å². The van der Waals surface area contributed by atoms with Gasteiger partial charge in [0.15, 0.2) is 0 Å². The normalized spacial score (nSPS) is 14.5. The molecule has 0 radical (unpaired) electrons. The summed E-state index contributed by atoms with van der Waals surface area (Å²) in [6, 6.07) is 18.9. The van der Waals surface area contributed by atoms with Crippen molar-refractivity contribution in [3.8, 4) is 0 Å². The van der Waals surface area contributed by atoms with Crippen LogP contribution in [-0.2, 0) is 26.2 Å². The van der Waals surface area contributed by atoms with Gasteiger partial charge in [-0.2, -0.15) is 0 Å². The summed E-state index contributed by atoms with van der Waals surface area (Å²) >= 11 is 6.16. The molecule has 0 aliphatic heterocycles. The Kier molecular flexibility index (Phi) is 9.24. The highest BCUT2D eigenvalue weighted by Gasteiger charge is 2.34. The molecule has 4 rings (SSSR count). The highest BCUT2D eigenvalue weighted by atomic mass is 35.5. The van der Waals surface area contributed by atoms with Crippen molar-refractivity contribution in [1.82, 2.24) is 10.2 Å². The van der Waals surface area contributed by atoms with Crippen molar-refractivity contribution < 1.29 is 22.4 Å². The van der Waals surface area contributed by atoms with E-state index in [4.69, 9.17) is 11.6 Å². The van der Waals surface area contributed by atoms with E-state index < -0.39 is 34.3 Å². The van der Waals surface area contributed by atoms with Crippen LogP contribution in [0.1, 0.15) is 38.2 Å². The monoisotopic (exact) mass is 571 g/mol. The number of carbonyl (C=O) groups is 2. The fourth-order valence-electron chi connectivity index (χ4n) is 4.69. The smallest absolute Gasteiger partial charge is 0.264 e. The molecular weight excluding hydrogens is 541 g/mol. The molecule has 39 heavy (non-hydrogen) atoms. The summed E-state index contributed by atoms with van der Waals surface area (Å²) in [4.78, 5) is 28.3. The van der Waals surface area contributed by atoms with Crippen LogP contribution >= 0.6 is 11.6 Å². The number of benzene rings is 3. The number of hydrogen-bond acceptors (Lipinski definition) is 4. The molecule has 0 heterocycles. The van der Waals surface area contributed by atoms with Crippen LogP contribution in [0, 0.1) is 5.82 Å². The number of amides is 2. The van der Waals surface area contributed by atoms with Gasteiger partial charge in [0.2, 0.25) is 11.8 Å². The molecule has 0 saturated heterocycles. The zero-order valence-electron chi connectivity index (χ0n) is 21.6. The first-order valence-electron chi connectivity index (χ1n) is 12.8. The number of hydrogen-bond donors (Lipinski definition) is 1. The van der Waals surface area contributed by atoms with Crippen LogP contribution in [0.15, 0.2) is 83.8 Å². The van der Waals surface area contributed by atoms with Crippen LogP contribution in [0.5, 0.6) is 0 Å². The van der Waals surface area contributed by atoms with Crippen LogP contribution in [-0.4, -0.2) is 43.8 Å². The minimum Gasteiger partial charge on any atom is -0.352 e. The second kappa shape index (κ2) is 12.6. The number of halogens is 2. The molecule has 3 aromatic carbocycles. The maximum absolute atomic E-state index is 14.9. The summed E-state index contributed by atoms with van der Waals surface area (Å²) in [7, 11) is -4.33. The Bertz CT molecular complexity index is 1410. The highest BCUT2D eigenvalue weighted by molar-refractivity contribution is 7.92. The first kappa shape index (κ1) is 28.6. The van der Waals surface area contributed by atoms with Crippen molar-refractivity contribution in [3.05, 3.63) is 95.3 Å². The lowest BCUT2D eigenvalue weighted by Crippen LogP contribution is -2.52. The van der Waals surface area contributed by atoms with Crippen molar-refractivity contribution in [2.45, 2.75) is 56.1 Å². The van der Waals surface area contributed by atoms with E-state index >= 15 is 0 Å². The molecule has 1 aliphatic carbocycles. The standard InChI is InChI=1S/C29H31ClFN3O4S/c1-21(29(36)32-24-12-5-6-13-24)33(19-22-10-9-11-23(30)18-22)28(35)20-34(27-17-8-7-16-26(27)31)39(37,38)25-14-3-2-4-15-25/h2-4,7-11,14-18,21,24H,5-6,12-13,19-20H2,1H3,(H,32,36). The van der Waals surface area contributed by atoms with Crippen LogP contribution in [0.4, 0.5) is 10.1 Å². The summed E-state index contributed by atoms with van der Waals surface area (Å²) in [5.41, 5.74) is 0.403. The average Bonchev–Trinajstić information content (AvgIpc) is 3.44. The quantitative estimate of drug-likeness (QED) is 0.365. The lowest BCUT2D eigenvalue weighted by Gasteiger charge is -2.32. The molecule has 10 heteroatoms. The van der Waals surface area contributed by atoms with Gasteiger partial charge in [0.05, 0.1) is 10.6 Å². The number of nitrogens with zero attached hydrogens (tertiary/aromatic N) is 2. The van der Waals surface area contributed by atoms with Gasteiger partial charge in [0.25, 0.3) is 10.0 Å². The maximum atomic E-state index is 14.9. The van der Waals surface area contributed by atoms with Crippen LogP contribution < -0.4 is 9.62 Å². The molecule has 1 aliphatic rings. The third-order valence-corrected chi connectivity index (χ3v) is 8.85. The van der Waals surface area contributed by atoms with E-state index in [2.05, 4.69) is 5.32 Å². The van der Waals surface area contributed by atoms with E-state index in [1.165, 1.54) is 35.2 Å². The molecule has 1 fully saturated rings. The summed E-state index contributed by atoms with van der Waals surface area (Å²) in [6.07, 6.45) is 3.80. The summed E-state index contributed by atoms with van der Waals surface area (Å²) in [5, 5.41) is 3.47. The lowest BCUT2D eigenvalue weighted by atomic mass is 10.1. The lowest BCUT2D eigenvalue weighted by molar-refractivity contribution is -0.139. The van der Waals surface area contributed by atoms with Gasteiger partial charge in [-0.05, 0) is 61.7 Å². The molecule has 0 bridgehead atoms. The van der Waals surface area contributed by atoms with Crippen molar-refractivity contribution in [2.24, 2.45) is 0 Å². The fraction of sp³-hybridized carbons (Fsp3) is 0.310. The largest absolute Gasteiger partial charge is 0.352 e. The van der Waals surface area contributed by atoms with Gasteiger partial charge in [0.1, 0.15) is 18.4 Å². The SMILES string of the molecule is CC(C(=O)NC1CCCC1)N(Cc1cccc(Cl)c1)C(=O)CN(c1ccccc1F)S(=O)(=O)c1ccccc1. The third kappa shape index (κ3) is 6.96. The Morgan fingerprint density at radius 1 is 1.00 bits per heavy atom. The number of sulfonamides is 1. The summed E-state index contributed by atoms with van der Waals surface area (Å²) in [5.74, 6) is -1.79. The van der Waals surface area contributed by atoms with E-state index in [-0.39, 0.29) is 29.1 Å². The van der Waals surface area contributed by atoms with E-state index in [9.17, 15) is 22.4 Å². The number of anilines is 1. The predicted molar refractivity (Wildman–Crippen MR) is 149 cm³/mol. The average molecular weight is 572 g/mol. The Balaban J connectivity index is 1.69. The first-order chi connectivity index (χ1) is 18.7. The van der Waals surface area contributed by atoms with E-state index in [1.807, 2.05) is 0 Å². The molecule has 1 saturated carbocycles. The maximum Gasteiger partial charge on any atom is 0.264 e. The summed E-state index contributed by atoms with van der Waals surface area (Å²) in [6.45, 7) is 0.904. The fourth-order valence-corrected chi connectivity index (χ4v) is 6.35. The zero-order chi connectivity index (χ0) is 28.0. The van der Waals surface area contributed by atoms with Gasteiger partial charge < -0.3 is 10.2 Å². The Hall–Kier alpha value is -3.43. The first-order valence-corrected chi connectivity index (χ1v) is 14.6. The topological polar surface area (TPSA) is 86.8 Å². The minimum absolute atomic E-state index is 0.00907. The van der Waals surface area contributed by atoms with Gasteiger partial charge >= 0.3 is 0 Å². The highest BCUT2D eigenvalue weighted by Crippen LogP contribution is 2.27. The van der Waals surface area contributed by atoms with Gasteiger partial charge in [-0.1, -0.05) is 66.9 Å². The Labute approximate surface area is 233 Å². The molecule has 2 amide bonds. The molecule has 1 atom stereocenters. The molecule has 1 unspecified atom stereocenters. The molecule has 0 aromatic heterocycles. The molecule has 7 nitrogen and oxygen atoms in total. The van der Waals surface area contributed by atoms with Crippen LogP contribution in [0.25, 0.3) is 0 Å². The van der Waals surface area contributed by atoms with Crippen molar-refractivity contribution in [2.75, 3.05) is 10.8 Å². The molecule has 206 valence electrons. The molecule has 1 N–H and O–H groups in total. The Morgan fingerprint density at radius 2 is 1.67 bits per heavy atom. The molecule has 3 aromatic rings. The van der Waals surface area contributed by atoms with E-state index in [0.29, 0.717) is 10.6 Å². The molecule has 0 spiro atoms. The number of rotatable bonds is 10. The van der Waals surface area contributed by atoms with Gasteiger partial charge in [-0.3, -0.25) is 13.9 Å². The van der Waals surface area contributed by atoms with Crippen molar-refractivity contribution in [1.29, 1.82) is 0 Å². The predicted octanol–water partition coefficient (Wildman–Crippen LogP) is 5.15. The minimum atomic E-state index is -4.33. The number of nitrogens with one attached hydrogen (secondary N) is 1. The van der Waals surface area contributed by atoms with Gasteiger partial charge in [0, 0.05) is 17.6 Å². The van der Waals surface area contributed by atoms with Crippen molar-refractivity contribution in [3.63, 3.8) is 0 Å². The van der Waals surface area contributed by atoms with E-state index in [1.54, 1.807) is 49.4 Å². The van der Waals surface area contributed by atoms with Crippen LogP contribution in [0.2, 0.25) is 5.02 Å². The second-order valence-corrected chi connectivity index (χ2v) is 11.9.